The third-order valence-electron chi connectivity index (χ3n) is 5.37. The van der Waals surface area contributed by atoms with E-state index in [9.17, 15) is 4.79 Å². The highest BCUT2D eigenvalue weighted by Gasteiger charge is 2.29. The second kappa shape index (κ2) is 13.3. The molecule has 1 aliphatic rings. The van der Waals surface area contributed by atoms with E-state index < -0.39 is 0 Å². The SMILES string of the molecule is COCCCOc1cc(C(=O)N(C(C)C)[C@@H]2CCCNC2)ccc1Oc1ccccc1.Cl. The Bertz CT molecular complexity index is 826. The van der Waals surface area contributed by atoms with Gasteiger partial charge in [0.15, 0.2) is 11.5 Å². The van der Waals surface area contributed by atoms with Gasteiger partial charge in [-0.05, 0) is 63.6 Å². The van der Waals surface area contributed by atoms with Crippen LogP contribution in [0, 0.1) is 0 Å². The first-order valence-electron chi connectivity index (χ1n) is 11.1. The molecule has 0 aromatic heterocycles. The van der Waals surface area contributed by atoms with Gasteiger partial charge in [-0.25, -0.2) is 0 Å². The number of nitrogens with zero attached hydrogens (tertiary/aromatic N) is 1. The molecular formula is C25H35ClN2O4. The van der Waals surface area contributed by atoms with Crippen LogP contribution in [0.15, 0.2) is 48.5 Å². The first-order chi connectivity index (χ1) is 15.1. The number of carbonyl (C=O) groups excluding carboxylic acids is 1. The molecule has 0 radical (unpaired) electrons. The lowest BCUT2D eigenvalue weighted by atomic mass is 10.0. The van der Waals surface area contributed by atoms with Gasteiger partial charge in [0.25, 0.3) is 5.91 Å². The van der Waals surface area contributed by atoms with Crippen molar-refractivity contribution in [2.75, 3.05) is 33.4 Å². The summed E-state index contributed by atoms with van der Waals surface area (Å²) in [7, 11) is 1.67. The molecule has 7 heteroatoms. The summed E-state index contributed by atoms with van der Waals surface area (Å²) in [5.41, 5.74) is 0.612. The van der Waals surface area contributed by atoms with Crippen LogP contribution in [0.3, 0.4) is 0 Å². The molecule has 1 amide bonds. The van der Waals surface area contributed by atoms with E-state index in [1.807, 2.05) is 47.4 Å². The molecule has 2 aromatic rings. The fourth-order valence-electron chi connectivity index (χ4n) is 3.88. The zero-order chi connectivity index (χ0) is 22.1. The van der Waals surface area contributed by atoms with Crippen LogP contribution in [-0.2, 0) is 4.74 Å². The number of amides is 1. The van der Waals surface area contributed by atoms with Crippen LogP contribution >= 0.6 is 12.4 Å². The van der Waals surface area contributed by atoms with Crippen molar-refractivity contribution >= 4 is 18.3 Å². The summed E-state index contributed by atoms with van der Waals surface area (Å²) in [5.74, 6) is 1.91. The van der Waals surface area contributed by atoms with E-state index in [1.54, 1.807) is 13.2 Å². The van der Waals surface area contributed by atoms with Crippen molar-refractivity contribution < 1.29 is 19.0 Å². The first-order valence-corrected chi connectivity index (χ1v) is 11.1. The molecule has 0 aliphatic carbocycles. The average Bonchev–Trinajstić information content (AvgIpc) is 2.79. The number of ether oxygens (including phenoxy) is 3. The van der Waals surface area contributed by atoms with Crippen molar-refractivity contribution in [2.24, 2.45) is 0 Å². The molecule has 6 nitrogen and oxygen atoms in total. The molecule has 32 heavy (non-hydrogen) atoms. The molecule has 3 rings (SSSR count). The predicted molar refractivity (Wildman–Crippen MR) is 129 cm³/mol. The summed E-state index contributed by atoms with van der Waals surface area (Å²) in [6.45, 7) is 7.09. The Morgan fingerprint density at radius 2 is 1.91 bits per heavy atom. The third-order valence-corrected chi connectivity index (χ3v) is 5.37. The second-order valence-corrected chi connectivity index (χ2v) is 8.08. The molecule has 1 N–H and O–H groups in total. The minimum absolute atomic E-state index is 0. The summed E-state index contributed by atoms with van der Waals surface area (Å²) in [4.78, 5) is 15.5. The van der Waals surface area contributed by atoms with Gasteiger partial charge in [-0.1, -0.05) is 18.2 Å². The zero-order valence-electron chi connectivity index (χ0n) is 19.2. The maximum absolute atomic E-state index is 13.5. The molecule has 0 saturated carbocycles. The zero-order valence-corrected chi connectivity index (χ0v) is 20.0. The number of nitrogens with one attached hydrogen (secondary N) is 1. The number of benzene rings is 2. The number of para-hydroxylation sites is 1. The van der Waals surface area contributed by atoms with Gasteiger partial charge >= 0.3 is 0 Å². The van der Waals surface area contributed by atoms with Gasteiger partial charge in [0.05, 0.1) is 6.61 Å². The minimum Gasteiger partial charge on any atom is -0.490 e. The summed E-state index contributed by atoms with van der Waals surface area (Å²) in [5, 5.41) is 3.41. The Morgan fingerprint density at radius 1 is 1.12 bits per heavy atom. The molecule has 0 unspecified atom stereocenters. The van der Waals surface area contributed by atoms with Gasteiger partial charge in [-0.15, -0.1) is 12.4 Å². The fraction of sp³-hybridized carbons (Fsp3) is 0.480. The van der Waals surface area contributed by atoms with Crippen molar-refractivity contribution in [3.63, 3.8) is 0 Å². The van der Waals surface area contributed by atoms with E-state index in [4.69, 9.17) is 14.2 Å². The Morgan fingerprint density at radius 3 is 2.56 bits per heavy atom. The number of methoxy groups -OCH3 is 1. The number of rotatable bonds is 10. The number of hydrogen-bond donors (Lipinski definition) is 1. The Kier molecular flexibility index (Phi) is 10.8. The Labute approximate surface area is 197 Å². The largest absolute Gasteiger partial charge is 0.490 e. The van der Waals surface area contributed by atoms with Gasteiger partial charge in [-0.2, -0.15) is 0 Å². The molecule has 176 valence electrons. The number of halogens is 1. The first kappa shape index (κ1) is 26.0. The molecule has 1 heterocycles. The van der Waals surface area contributed by atoms with Crippen molar-refractivity contribution in [2.45, 2.75) is 45.2 Å². The molecule has 1 aliphatic heterocycles. The van der Waals surface area contributed by atoms with Gasteiger partial charge in [-0.3, -0.25) is 4.79 Å². The van der Waals surface area contributed by atoms with Crippen molar-refractivity contribution in [1.29, 1.82) is 0 Å². The van der Waals surface area contributed by atoms with E-state index in [0.29, 0.717) is 30.3 Å². The van der Waals surface area contributed by atoms with Crippen LogP contribution in [0.1, 0.15) is 43.5 Å². The molecule has 0 spiro atoms. The average molecular weight is 463 g/mol. The van der Waals surface area contributed by atoms with Gasteiger partial charge in [0, 0.05) is 44.3 Å². The second-order valence-electron chi connectivity index (χ2n) is 8.08. The van der Waals surface area contributed by atoms with E-state index in [2.05, 4.69) is 19.2 Å². The lowest BCUT2D eigenvalue weighted by molar-refractivity contribution is 0.0573. The van der Waals surface area contributed by atoms with Crippen LogP contribution in [-0.4, -0.2) is 56.3 Å². The summed E-state index contributed by atoms with van der Waals surface area (Å²) in [6, 6.07) is 15.3. The molecule has 1 atom stereocenters. The van der Waals surface area contributed by atoms with Crippen LogP contribution in [0.4, 0.5) is 0 Å². The number of piperidine rings is 1. The molecule has 2 aromatic carbocycles. The smallest absolute Gasteiger partial charge is 0.254 e. The number of hydrogen-bond acceptors (Lipinski definition) is 5. The summed E-state index contributed by atoms with van der Waals surface area (Å²) < 4.78 is 17.1. The van der Waals surface area contributed by atoms with E-state index in [0.717, 1.165) is 38.1 Å². The Balaban J connectivity index is 0.00000363. The van der Waals surface area contributed by atoms with Gasteiger partial charge in [0.2, 0.25) is 0 Å². The molecule has 1 saturated heterocycles. The monoisotopic (exact) mass is 462 g/mol. The molecule has 1 fully saturated rings. The van der Waals surface area contributed by atoms with E-state index in [-0.39, 0.29) is 30.4 Å². The van der Waals surface area contributed by atoms with Gasteiger partial charge in [0.1, 0.15) is 5.75 Å². The van der Waals surface area contributed by atoms with E-state index >= 15 is 0 Å². The molecule has 0 bridgehead atoms. The maximum Gasteiger partial charge on any atom is 0.254 e. The van der Waals surface area contributed by atoms with Crippen LogP contribution in [0.2, 0.25) is 0 Å². The fourth-order valence-corrected chi connectivity index (χ4v) is 3.88. The standard InChI is InChI=1S/C25H34N2O4.ClH/c1-19(2)27(21-9-7-14-26-18-21)25(28)20-12-13-23(31-22-10-5-4-6-11-22)24(17-20)30-16-8-15-29-3;/h4-6,10-13,17,19,21,26H,7-9,14-16,18H2,1-3H3;1H/t21-;/m1./s1. The highest BCUT2D eigenvalue weighted by molar-refractivity contribution is 5.95. The lowest BCUT2D eigenvalue weighted by Crippen LogP contribution is -2.51. The maximum atomic E-state index is 13.5. The van der Waals surface area contributed by atoms with Crippen molar-refractivity contribution in [1.82, 2.24) is 10.2 Å². The van der Waals surface area contributed by atoms with Crippen LogP contribution in [0.25, 0.3) is 0 Å². The predicted octanol–water partition coefficient (Wildman–Crippen LogP) is 4.92. The number of carbonyl (C=O) groups is 1. The quantitative estimate of drug-likeness (QED) is 0.508. The van der Waals surface area contributed by atoms with Crippen molar-refractivity contribution in [3.05, 3.63) is 54.1 Å². The lowest BCUT2D eigenvalue weighted by Gasteiger charge is -2.37. The van der Waals surface area contributed by atoms with Crippen LogP contribution in [0.5, 0.6) is 17.2 Å². The normalized spacial score (nSPS) is 15.7. The topological polar surface area (TPSA) is 60.0 Å². The van der Waals surface area contributed by atoms with E-state index in [1.165, 1.54) is 0 Å². The highest BCUT2D eigenvalue weighted by Crippen LogP contribution is 2.33. The summed E-state index contributed by atoms with van der Waals surface area (Å²) in [6.07, 6.45) is 2.86. The third kappa shape index (κ3) is 7.12. The summed E-state index contributed by atoms with van der Waals surface area (Å²) >= 11 is 0. The van der Waals surface area contributed by atoms with Crippen LogP contribution < -0.4 is 14.8 Å². The minimum atomic E-state index is 0. The highest BCUT2D eigenvalue weighted by atomic mass is 35.5. The van der Waals surface area contributed by atoms with Gasteiger partial charge < -0.3 is 24.4 Å². The van der Waals surface area contributed by atoms with Crippen molar-refractivity contribution in [3.8, 4) is 17.2 Å². The molecular weight excluding hydrogens is 428 g/mol. The Hall–Kier alpha value is -2.28.